The molecular formula is C29H27F3N6. The van der Waals surface area contributed by atoms with Gasteiger partial charge >= 0.3 is 6.18 Å². The van der Waals surface area contributed by atoms with Crippen LogP contribution in [0.2, 0.25) is 0 Å². The maximum Gasteiger partial charge on any atom is 0.433 e. The molecule has 5 rings (SSSR count). The molecule has 2 aromatic heterocycles. The molecule has 0 amide bonds. The molecule has 0 saturated carbocycles. The fourth-order valence-electron chi connectivity index (χ4n) is 4.74. The van der Waals surface area contributed by atoms with E-state index in [0.717, 1.165) is 56.5 Å². The molecular weight excluding hydrogens is 489 g/mol. The van der Waals surface area contributed by atoms with Crippen LogP contribution in [0.3, 0.4) is 0 Å². The van der Waals surface area contributed by atoms with E-state index in [1.54, 1.807) is 6.20 Å². The number of fused-ring (bicyclic) bond motifs is 1. The van der Waals surface area contributed by atoms with Crippen molar-refractivity contribution in [2.45, 2.75) is 12.7 Å². The van der Waals surface area contributed by atoms with Crippen molar-refractivity contribution >= 4 is 16.7 Å². The minimum Gasteiger partial charge on any atom is -0.368 e. The second-order valence-electron chi connectivity index (χ2n) is 9.33. The molecule has 3 heterocycles. The van der Waals surface area contributed by atoms with Crippen molar-refractivity contribution in [3.63, 3.8) is 0 Å². The van der Waals surface area contributed by atoms with Gasteiger partial charge in [0.2, 0.25) is 0 Å². The first kappa shape index (κ1) is 25.6. The first-order chi connectivity index (χ1) is 18.4. The SMILES string of the molecule is N#Cc1cccc(CN2CCN(CCNc3ncc(-c4ccccc4)c4nc(C(F)(F)F)ccc34)CC2)c1. The van der Waals surface area contributed by atoms with Gasteiger partial charge in [-0.3, -0.25) is 9.80 Å². The highest BCUT2D eigenvalue weighted by Crippen LogP contribution is 2.34. The number of nitrogens with one attached hydrogen (secondary N) is 1. The predicted octanol–water partition coefficient (Wildman–Crippen LogP) is 5.42. The number of alkyl halides is 3. The van der Waals surface area contributed by atoms with Crippen LogP contribution in [-0.2, 0) is 12.7 Å². The molecule has 1 saturated heterocycles. The van der Waals surface area contributed by atoms with Crippen molar-refractivity contribution in [2.24, 2.45) is 0 Å². The van der Waals surface area contributed by atoms with Gasteiger partial charge in [0.1, 0.15) is 11.5 Å². The van der Waals surface area contributed by atoms with Crippen LogP contribution in [0.5, 0.6) is 0 Å². The van der Waals surface area contributed by atoms with Gasteiger partial charge in [-0.15, -0.1) is 0 Å². The second kappa shape index (κ2) is 11.2. The number of benzene rings is 2. The maximum absolute atomic E-state index is 13.4. The molecule has 0 atom stereocenters. The van der Waals surface area contributed by atoms with Gasteiger partial charge in [0.15, 0.2) is 0 Å². The molecule has 0 radical (unpaired) electrons. The van der Waals surface area contributed by atoms with E-state index < -0.39 is 11.9 Å². The Morgan fingerprint density at radius 1 is 0.921 bits per heavy atom. The van der Waals surface area contributed by atoms with E-state index in [1.165, 1.54) is 6.07 Å². The van der Waals surface area contributed by atoms with Crippen molar-refractivity contribution in [3.05, 3.63) is 89.7 Å². The van der Waals surface area contributed by atoms with Crippen molar-refractivity contribution < 1.29 is 13.2 Å². The highest BCUT2D eigenvalue weighted by atomic mass is 19.4. The van der Waals surface area contributed by atoms with E-state index in [9.17, 15) is 13.2 Å². The Labute approximate surface area is 219 Å². The van der Waals surface area contributed by atoms with Crippen molar-refractivity contribution in [1.82, 2.24) is 19.8 Å². The minimum atomic E-state index is -4.53. The fourth-order valence-corrected chi connectivity index (χ4v) is 4.74. The molecule has 1 fully saturated rings. The number of hydrogen-bond donors (Lipinski definition) is 1. The standard InChI is InChI=1S/C29H27F3N6/c30-29(31,32)26-10-9-24-27(36-26)25(23-7-2-1-3-8-23)19-35-28(24)34-11-12-37-13-15-38(16-14-37)20-22-6-4-5-21(17-22)18-33/h1-10,17,19H,11-16,20H2,(H,34,35). The Morgan fingerprint density at radius 2 is 1.68 bits per heavy atom. The summed E-state index contributed by atoms with van der Waals surface area (Å²) in [4.78, 5) is 13.3. The summed E-state index contributed by atoms with van der Waals surface area (Å²) in [5.74, 6) is 0.525. The first-order valence-corrected chi connectivity index (χ1v) is 12.5. The van der Waals surface area contributed by atoms with E-state index in [-0.39, 0.29) is 5.52 Å². The van der Waals surface area contributed by atoms with Crippen LogP contribution in [0.25, 0.3) is 22.0 Å². The Hall–Kier alpha value is -4.00. The van der Waals surface area contributed by atoms with Gasteiger partial charge in [-0.25, -0.2) is 9.97 Å². The molecule has 9 heteroatoms. The third kappa shape index (κ3) is 5.93. The highest BCUT2D eigenvalue weighted by Gasteiger charge is 2.33. The summed E-state index contributed by atoms with van der Waals surface area (Å²) in [5.41, 5.74) is 2.50. The van der Waals surface area contributed by atoms with E-state index in [4.69, 9.17) is 5.26 Å². The number of piperazine rings is 1. The first-order valence-electron chi connectivity index (χ1n) is 12.5. The van der Waals surface area contributed by atoms with Gasteiger partial charge in [0, 0.05) is 63.0 Å². The fraction of sp³-hybridized carbons (Fsp3) is 0.276. The van der Waals surface area contributed by atoms with Crippen molar-refractivity contribution in [2.75, 3.05) is 44.6 Å². The molecule has 0 bridgehead atoms. The minimum absolute atomic E-state index is 0.276. The number of hydrogen-bond acceptors (Lipinski definition) is 6. The van der Waals surface area contributed by atoms with Gasteiger partial charge < -0.3 is 5.32 Å². The highest BCUT2D eigenvalue weighted by molar-refractivity contribution is 5.99. The summed E-state index contributed by atoms with van der Waals surface area (Å²) in [6.07, 6.45) is -2.94. The van der Waals surface area contributed by atoms with Crippen LogP contribution in [0, 0.1) is 11.3 Å². The Bertz CT molecular complexity index is 1440. The zero-order valence-corrected chi connectivity index (χ0v) is 20.7. The van der Waals surface area contributed by atoms with E-state index in [0.29, 0.717) is 28.9 Å². The molecule has 2 aromatic carbocycles. The van der Waals surface area contributed by atoms with Crippen LogP contribution in [0.4, 0.5) is 19.0 Å². The van der Waals surface area contributed by atoms with Crippen LogP contribution >= 0.6 is 0 Å². The lowest BCUT2D eigenvalue weighted by Crippen LogP contribution is -2.47. The summed E-state index contributed by atoms with van der Waals surface area (Å²) in [6, 6.07) is 21.6. The summed E-state index contributed by atoms with van der Waals surface area (Å²) >= 11 is 0. The summed E-state index contributed by atoms with van der Waals surface area (Å²) in [5, 5.41) is 13.0. The number of halogens is 3. The van der Waals surface area contributed by atoms with Gasteiger partial charge in [0.05, 0.1) is 17.1 Å². The van der Waals surface area contributed by atoms with Gasteiger partial charge in [-0.05, 0) is 35.4 Å². The van der Waals surface area contributed by atoms with Gasteiger partial charge in [0.25, 0.3) is 0 Å². The number of pyridine rings is 2. The normalized spacial score (nSPS) is 14.9. The smallest absolute Gasteiger partial charge is 0.368 e. The largest absolute Gasteiger partial charge is 0.433 e. The third-order valence-corrected chi connectivity index (χ3v) is 6.75. The lowest BCUT2D eigenvalue weighted by atomic mass is 10.0. The summed E-state index contributed by atoms with van der Waals surface area (Å²) in [7, 11) is 0. The number of nitriles is 1. The average molecular weight is 517 g/mol. The predicted molar refractivity (Wildman–Crippen MR) is 141 cm³/mol. The maximum atomic E-state index is 13.4. The Morgan fingerprint density at radius 3 is 2.42 bits per heavy atom. The number of anilines is 1. The van der Waals surface area contributed by atoms with Crippen molar-refractivity contribution in [3.8, 4) is 17.2 Å². The molecule has 1 aliphatic heterocycles. The molecule has 6 nitrogen and oxygen atoms in total. The molecule has 4 aromatic rings. The van der Waals surface area contributed by atoms with Crippen LogP contribution in [-0.4, -0.2) is 59.0 Å². The van der Waals surface area contributed by atoms with E-state index in [1.807, 2.05) is 54.6 Å². The number of rotatable bonds is 7. The third-order valence-electron chi connectivity index (χ3n) is 6.75. The monoisotopic (exact) mass is 516 g/mol. The molecule has 1 N–H and O–H groups in total. The lowest BCUT2D eigenvalue weighted by molar-refractivity contribution is -0.140. The van der Waals surface area contributed by atoms with Gasteiger partial charge in [-0.2, -0.15) is 18.4 Å². The quantitative estimate of drug-likeness (QED) is 0.354. The summed E-state index contributed by atoms with van der Waals surface area (Å²) in [6.45, 7) is 5.89. The van der Waals surface area contributed by atoms with Crippen molar-refractivity contribution in [1.29, 1.82) is 5.26 Å². The zero-order valence-electron chi connectivity index (χ0n) is 20.7. The number of nitrogens with zero attached hydrogens (tertiary/aromatic N) is 5. The molecule has 0 unspecified atom stereocenters. The summed E-state index contributed by atoms with van der Waals surface area (Å²) < 4.78 is 40.3. The van der Waals surface area contributed by atoms with Crippen LogP contribution in [0.1, 0.15) is 16.8 Å². The molecule has 194 valence electrons. The topological polar surface area (TPSA) is 68.1 Å². The molecule has 0 aliphatic carbocycles. The Kier molecular flexibility index (Phi) is 7.54. The van der Waals surface area contributed by atoms with Gasteiger partial charge in [-0.1, -0.05) is 42.5 Å². The molecule has 38 heavy (non-hydrogen) atoms. The lowest BCUT2D eigenvalue weighted by Gasteiger charge is -2.34. The molecule has 1 aliphatic rings. The van der Waals surface area contributed by atoms with Crippen LogP contribution in [0.15, 0.2) is 72.9 Å². The van der Waals surface area contributed by atoms with E-state index >= 15 is 0 Å². The second-order valence-corrected chi connectivity index (χ2v) is 9.33. The van der Waals surface area contributed by atoms with E-state index in [2.05, 4.69) is 31.2 Å². The molecule has 0 spiro atoms. The number of aromatic nitrogens is 2. The average Bonchev–Trinajstić information content (AvgIpc) is 2.94. The Balaban J connectivity index is 1.23. The van der Waals surface area contributed by atoms with Crippen LogP contribution < -0.4 is 5.32 Å². The zero-order chi connectivity index (χ0) is 26.5.